The minimum absolute atomic E-state index is 0.0194. The van der Waals surface area contributed by atoms with Gasteiger partial charge in [-0.1, -0.05) is 132 Å². The van der Waals surface area contributed by atoms with E-state index in [1.54, 1.807) is 12.1 Å². The Morgan fingerprint density at radius 3 is 1.89 bits per heavy atom. The van der Waals surface area contributed by atoms with Crippen LogP contribution in [0.5, 0.6) is 5.75 Å². The van der Waals surface area contributed by atoms with Gasteiger partial charge in [-0.05, 0) is 51.2 Å². The molecule has 0 radical (unpaired) electrons. The Labute approximate surface area is 319 Å². The number of hydrogen-bond acceptors (Lipinski definition) is 9. The van der Waals surface area contributed by atoms with Gasteiger partial charge >= 0.3 is 0 Å². The number of amides is 1. The summed E-state index contributed by atoms with van der Waals surface area (Å²) in [4.78, 5) is 58.9. The van der Waals surface area contributed by atoms with Gasteiger partial charge in [-0.25, -0.2) is 5.06 Å². The summed E-state index contributed by atoms with van der Waals surface area (Å²) in [5.74, 6) is -1.97. The van der Waals surface area contributed by atoms with Crippen molar-refractivity contribution in [1.82, 2.24) is 5.06 Å². The fourth-order valence-electron chi connectivity index (χ4n) is 6.92. The van der Waals surface area contributed by atoms with Gasteiger partial charge in [-0.15, -0.1) is 6.58 Å². The summed E-state index contributed by atoms with van der Waals surface area (Å²) in [6.07, 6.45) is 1.46. The number of hydrogen-bond donors (Lipinski definition) is 0. The molecule has 0 unspecified atom stereocenters. The third-order valence-corrected chi connectivity index (χ3v) is 21.7. The van der Waals surface area contributed by atoms with Crippen molar-refractivity contribution in [3.8, 4) is 5.75 Å². The number of Topliss-reactive ketones (excluding diaryl/α,β-unsaturated/α-hetero) is 2. The minimum Gasteiger partial charge on any atom is -0.485 e. The second-order valence-electron chi connectivity index (χ2n) is 16.1. The van der Waals surface area contributed by atoms with Crippen LogP contribution >= 0.6 is 11.8 Å². The van der Waals surface area contributed by atoms with E-state index in [0.717, 1.165) is 10.6 Å². The highest BCUT2D eigenvalue weighted by Gasteiger charge is 2.90. The third-order valence-electron chi connectivity index (χ3n) is 10.8. The van der Waals surface area contributed by atoms with Gasteiger partial charge in [0.1, 0.15) is 5.75 Å². The van der Waals surface area contributed by atoms with Crippen LogP contribution in [0.2, 0.25) is 23.2 Å². The van der Waals surface area contributed by atoms with Crippen LogP contribution in [-0.4, -0.2) is 74.4 Å². The summed E-state index contributed by atoms with van der Waals surface area (Å²) < 4.78 is 17.3. The monoisotopic (exact) mass is 773 g/mol. The maximum Gasteiger partial charge on any atom is 0.275 e. The van der Waals surface area contributed by atoms with E-state index in [1.807, 2.05) is 24.3 Å². The number of ether oxygens (including phenoxy) is 1. The second kappa shape index (κ2) is 15.2. The lowest BCUT2D eigenvalue weighted by molar-refractivity contribution is -0.267. The van der Waals surface area contributed by atoms with E-state index in [2.05, 4.69) is 110 Å². The molecule has 2 atom stereocenters. The van der Waals surface area contributed by atoms with Gasteiger partial charge in [0.2, 0.25) is 21.4 Å². The Bertz CT molecular complexity index is 1800. The Morgan fingerprint density at radius 1 is 0.811 bits per heavy atom. The topological polar surface area (TPSA) is 108 Å². The predicted octanol–water partition coefficient (Wildman–Crippen LogP) is 6.40. The number of carbonyl (C=O) groups excluding carboxylic acids is 4. The molecule has 1 aliphatic carbocycles. The van der Waals surface area contributed by atoms with Crippen LogP contribution in [-0.2, 0) is 39.5 Å². The van der Waals surface area contributed by atoms with Gasteiger partial charge in [-0.2, -0.15) is 0 Å². The predicted molar refractivity (Wildman–Crippen MR) is 213 cm³/mol. The van der Waals surface area contributed by atoms with E-state index in [4.69, 9.17) is 18.4 Å². The SMILES string of the molecule is C=CCON1C(=O)[C@@]2(SC(=O)COc3ccc(CO[Si](c4ccccc4)(c4ccccc4)C(C)(C)C)cc3)C(=O)C(=O)[C@@]12CCO[Si](C)(C)C(C)(C)C. The molecule has 1 amide bonds. The van der Waals surface area contributed by atoms with Crippen LogP contribution in [0, 0.1) is 0 Å². The van der Waals surface area contributed by atoms with Gasteiger partial charge in [-0.3, -0.25) is 24.0 Å². The maximum atomic E-state index is 13.5. The minimum atomic E-state index is -2.74. The Kier molecular flexibility index (Phi) is 11.6. The number of β-lactam (4-membered cyclic amide) rings is 1. The molecular weight excluding hydrogens is 723 g/mol. The van der Waals surface area contributed by atoms with E-state index in [0.29, 0.717) is 24.1 Å². The van der Waals surface area contributed by atoms with Crippen molar-refractivity contribution >= 4 is 61.4 Å². The molecule has 0 N–H and O–H groups in total. The zero-order chi connectivity index (χ0) is 38.9. The molecule has 2 fully saturated rings. The molecule has 1 saturated carbocycles. The second-order valence-corrected chi connectivity index (χ2v) is 26.5. The van der Waals surface area contributed by atoms with E-state index in [1.165, 1.54) is 16.4 Å². The van der Waals surface area contributed by atoms with E-state index < -0.39 is 56.1 Å². The standard InChI is InChI=1S/C41H51NO8SSi2/c1-10-26-48-42-37(46)41(36(45)35(44)40(41,42)25-27-49-52(8,9)38(2,3)4)51-34(43)29-47-31-23-21-30(22-24-31)28-50-53(39(5,6)7,32-17-13-11-14-18-32)33-19-15-12-16-20-33/h10-24H,1,25-29H2,2-9H3/t40-,41+/m1/s1. The summed E-state index contributed by atoms with van der Waals surface area (Å²) >= 11 is 0.543. The molecule has 1 heterocycles. The largest absolute Gasteiger partial charge is 0.485 e. The highest BCUT2D eigenvalue weighted by molar-refractivity contribution is 8.16. The fraction of sp³-hybridized carbons (Fsp3) is 0.415. The molecule has 12 heteroatoms. The number of nitrogens with zero attached hydrogens (tertiary/aromatic N) is 1. The van der Waals surface area contributed by atoms with Crippen molar-refractivity contribution in [1.29, 1.82) is 0 Å². The fourth-order valence-corrected chi connectivity index (χ4v) is 13.8. The maximum absolute atomic E-state index is 13.5. The molecule has 53 heavy (non-hydrogen) atoms. The number of fused-ring (bicyclic) bond motifs is 1. The first kappa shape index (κ1) is 40.5. The molecule has 0 aromatic heterocycles. The van der Waals surface area contributed by atoms with Crippen LogP contribution in [0.15, 0.2) is 97.6 Å². The molecule has 9 nitrogen and oxygen atoms in total. The average Bonchev–Trinajstić information content (AvgIpc) is 3.12. The van der Waals surface area contributed by atoms with Crippen LogP contribution in [0.3, 0.4) is 0 Å². The van der Waals surface area contributed by atoms with Crippen molar-refractivity contribution in [3.05, 3.63) is 103 Å². The summed E-state index contributed by atoms with van der Waals surface area (Å²) in [5.41, 5.74) is -0.701. The lowest BCUT2D eigenvalue weighted by Gasteiger charge is -2.65. The smallest absolute Gasteiger partial charge is 0.275 e. The zero-order valence-corrected chi connectivity index (χ0v) is 34.8. The number of benzene rings is 3. The number of ketones is 2. The van der Waals surface area contributed by atoms with Gasteiger partial charge in [0.05, 0.1) is 13.2 Å². The summed E-state index contributed by atoms with van der Waals surface area (Å²) in [7, 11) is -4.96. The Balaban J connectivity index is 1.27. The Hall–Kier alpha value is -3.66. The molecule has 5 rings (SSSR count). The van der Waals surface area contributed by atoms with Crippen LogP contribution in [0.4, 0.5) is 0 Å². The van der Waals surface area contributed by atoms with Crippen molar-refractivity contribution in [3.63, 3.8) is 0 Å². The summed E-state index contributed by atoms with van der Waals surface area (Å²) in [6, 6.07) is 28.2. The van der Waals surface area contributed by atoms with Crippen LogP contribution in [0.1, 0.15) is 53.5 Å². The first-order valence-corrected chi connectivity index (χ1v) is 23.5. The van der Waals surface area contributed by atoms with Crippen LogP contribution < -0.4 is 15.1 Å². The van der Waals surface area contributed by atoms with E-state index in [9.17, 15) is 19.2 Å². The summed E-state index contributed by atoms with van der Waals surface area (Å²) in [5, 5.41) is 2.50. The molecule has 2 aliphatic rings. The Morgan fingerprint density at radius 2 is 1.38 bits per heavy atom. The molecule has 1 saturated heterocycles. The number of piperidine rings is 1. The molecule has 0 bridgehead atoms. The number of rotatable bonds is 16. The van der Waals surface area contributed by atoms with Crippen molar-refractivity contribution in [2.45, 2.75) is 88.0 Å². The molecule has 282 valence electrons. The molecule has 3 aromatic rings. The lowest BCUT2D eigenvalue weighted by Crippen LogP contribution is -2.95. The average molecular weight is 774 g/mol. The highest BCUT2D eigenvalue weighted by Crippen LogP contribution is 2.61. The molecule has 1 aliphatic heterocycles. The van der Waals surface area contributed by atoms with Gasteiger partial charge in [0.15, 0.2) is 20.5 Å². The first-order valence-electron chi connectivity index (χ1n) is 17.9. The zero-order valence-electron chi connectivity index (χ0n) is 32.0. The van der Waals surface area contributed by atoms with Crippen LogP contribution in [0.25, 0.3) is 0 Å². The summed E-state index contributed by atoms with van der Waals surface area (Å²) in [6.45, 7) is 20.8. The number of hydroxylamine groups is 2. The van der Waals surface area contributed by atoms with E-state index in [-0.39, 0.29) is 29.7 Å². The van der Waals surface area contributed by atoms with Gasteiger partial charge in [0, 0.05) is 13.0 Å². The third kappa shape index (κ3) is 7.05. The molecular formula is C41H51NO8SSi2. The normalized spacial score (nSPS) is 20.4. The van der Waals surface area contributed by atoms with Crippen molar-refractivity contribution in [2.75, 3.05) is 19.8 Å². The number of thioether (sulfide) groups is 1. The van der Waals surface area contributed by atoms with E-state index >= 15 is 0 Å². The van der Waals surface area contributed by atoms with Gasteiger partial charge in [0.25, 0.3) is 14.2 Å². The van der Waals surface area contributed by atoms with Crippen molar-refractivity contribution in [2.24, 2.45) is 0 Å². The quantitative estimate of drug-likeness (QED) is 0.0537. The van der Waals surface area contributed by atoms with Gasteiger partial charge < -0.3 is 13.6 Å². The van der Waals surface area contributed by atoms with Crippen molar-refractivity contribution < 1.29 is 37.6 Å². The molecule has 0 spiro atoms. The highest BCUT2D eigenvalue weighted by atomic mass is 32.2. The first-order chi connectivity index (χ1) is 24.9. The number of carbonyl (C=O) groups is 4. The lowest BCUT2D eigenvalue weighted by atomic mass is 9.55. The molecule has 3 aromatic carbocycles.